The number of piperazine rings is 1. The molecule has 1 aromatic heterocycles. The average molecular weight is 244 g/mol. The van der Waals surface area contributed by atoms with Crippen molar-refractivity contribution in [2.24, 2.45) is 0 Å². The molecule has 1 saturated heterocycles. The Bertz CT molecular complexity index is 435. The lowest BCUT2D eigenvalue weighted by molar-refractivity contribution is 0.496. The van der Waals surface area contributed by atoms with Crippen LogP contribution < -0.4 is 10.2 Å². The van der Waals surface area contributed by atoms with E-state index in [0.717, 1.165) is 38.3 Å². The summed E-state index contributed by atoms with van der Waals surface area (Å²) in [7, 11) is 0. The summed E-state index contributed by atoms with van der Waals surface area (Å²) in [6.45, 7) is 5.34. The van der Waals surface area contributed by atoms with E-state index in [9.17, 15) is 0 Å². The summed E-state index contributed by atoms with van der Waals surface area (Å²) in [5.41, 5.74) is 1.19. The smallest absolute Gasteiger partial charge is 0.132 e. The van der Waals surface area contributed by atoms with E-state index in [-0.39, 0.29) is 0 Å². The lowest BCUT2D eigenvalue weighted by atomic mass is 10.0. The molecule has 4 nitrogen and oxygen atoms in total. The van der Waals surface area contributed by atoms with Gasteiger partial charge in [-0.05, 0) is 19.8 Å². The second-order valence-electron chi connectivity index (χ2n) is 5.19. The number of hydrogen-bond donors (Lipinski definition) is 1. The largest absolute Gasteiger partial charge is 0.351 e. The molecule has 1 fully saturated rings. The number of anilines is 1. The van der Waals surface area contributed by atoms with Gasteiger partial charge in [-0.1, -0.05) is 12.2 Å². The van der Waals surface area contributed by atoms with Gasteiger partial charge >= 0.3 is 0 Å². The summed E-state index contributed by atoms with van der Waals surface area (Å²) < 4.78 is 0. The van der Waals surface area contributed by atoms with Crippen molar-refractivity contribution in [3.63, 3.8) is 0 Å². The zero-order valence-electron chi connectivity index (χ0n) is 10.8. The molecule has 3 rings (SSSR count). The molecule has 1 atom stereocenters. The van der Waals surface area contributed by atoms with E-state index in [1.165, 1.54) is 5.69 Å². The zero-order valence-corrected chi connectivity index (χ0v) is 10.8. The lowest BCUT2D eigenvalue weighted by Gasteiger charge is -2.35. The van der Waals surface area contributed by atoms with E-state index in [1.54, 1.807) is 6.33 Å². The molecule has 0 bridgehead atoms. The lowest BCUT2D eigenvalue weighted by Crippen LogP contribution is -2.50. The molecule has 2 heterocycles. The minimum absolute atomic E-state index is 0.503. The van der Waals surface area contributed by atoms with Crippen molar-refractivity contribution in [3.05, 3.63) is 30.2 Å². The van der Waals surface area contributed by atoms with Gasteiger partial charge in [0.25, 0.3) is 0 Å². The van der Waals surface area contributed by atoms with Crippen LogP contribution in [-0.2, 0) is 0 Å². The van der Waals surface area contributed by atoms with Crippen molar-refractivity contribution in [2.75, 3.05) is 24.5 Å². The highest BCUT2D eigenvalue weighted by atomic mass is 15.3. The Kier molecular flexibility index (Phi) is 3.28. The summed E-state index contributed by atoms with van der Waals surface area (Å²) in [4.78, 5) is 11.3. The third-order valence-electron chi connectivity index (χ3n) is 3.90. The Balaban J connectivity index is 1.81. The van der Waals surface area contributed by atoms with Gasteiger partial charge in [-0.25, -0.2) is 9.97 Å². The van der Waals surface area contributed by atoms with Crippen molar-refractivity contribution < 1.29 is 0 Å². The highest BCUT2D eigenvalue weighted by Gasteiger charge is 2.21. The van der Waals surface area contributed by atoms with Crippen LogP contribution >= 0.6 is 0 Å². The fourth-order valence-corrected chi connectivity index (χ4v) is 2.78. The Hall–Kier alpha value is -1.42. The van der Waals surface area contributed by atoms with E-state index < -0.39 is 0 Å². The fourth-order valence-electron chi connectivity index (χ4n) is 2.78. The SMILES string of the molecule is C[C@@H]1CNCCN1c1cc(C2CC=CC2)ncn1. The Morgan fingerprint density at radius 3 is 2.89 bits per heavy atom. The Labute approximate surface area is 108 Å². The van der Waals surface area contributed by atoms with Crippen molar-refractivity contribution >= 4 is 5.82 Å². The van der Waals surface area contributed by atoms with E-state index in [4.69, 9.17) is 0 Å². The predicted molar refractivity (Wildman–Crippen MR) is 72.8 cm³/mol. The van der Waals surface area contributed by atoms with Gasteiger partial charge in [-0.15, -0.1) is 0 Å². The van der Waals surface area contributed by atoms with Crippen molar-refractivity contribution in [3.8, 4) is 0 Å². The number of nitrogens with zero attached hydrogens (tertiary/aromatic N) is 3. The van der Waals surface area contributed by atoms with Crippen molar-refractivity contribution in [1.82, 2.24) is 15.3 Å². The van der Waals surface area contributed by atoms with Crippen LogP contribution in [0, 0.1) is 0 Å². The molecule has 4 heteroatoms. The van der Waals surface area contributed by atoms with Crippen LogP contribution in [0.1, 0.15) is 31.4 Å². The van der Waals surface area contributed by atoms with Gasteiger partial charge in [0.15, 0.2) is 0 Å². The molecule has 0 radical (unpaired) electrons. The number of nitrogens with one attached hydrogen (secondary N) is 1. The first-order valence-corrected chi connectivity index (χ1v) is 6.79. The van der Waals surface area contributed by atoms with Crippen LogP contribution in [0.5, 0.6) is 0 Å². The minimum atomic E-state index is 0.503. The summed E-state index contributed by atoms with van der Waals surface area (Å²) in [6, 6.07) is 2.68. The van der Waals surface area contributed by atoms with Gasteiger partial charge in [0.05, 0.1) is 0 Å². The molecule has 18 heavy (non-hydrogen) atoms. The summed E-state index contributed by atoms with van der Waals surface area (Å²) >= 11 is 0. The van der Waals surface area contributed by atoms with Gasteiger partial charge in [-0.3, -0.25) is 0 Å². The molecule has 0 spiro atoms. The van der Waals surface area contributed by atoms with E-state index in [0.29, 0.717) is 12.0 Å². The number of rotatable bonds is 2. The first-order valence-electron chi connectivity index (χ1n) is 6.79. The molecule has 2 aliphatic rings. The van der Waals surface area contributed by atoms with Gasteiger partial charge < -0.3 is 10.2 Å². The molecule has 0 amide bonds. The topological polar surface area (TPSA) is 41.0 Å². The first kappa shape index (κ1) is 11.7. The van der Waals surface area contributed by atoms with Crippen LogP contribution in [0.3, 0.4) is 0 Å². The van der Waals surface area contributed by atoms with Crippen molar-refractivity contribution in [2.45, 2.75) is 31.7 Å². The Morgan fingerprint density at radius 1 is 1.28 bits per heavy atom. The van der Waals surface area contributed by atoms with Gasteiger partial charge in [-0.2, -0.15) is 0 Å². The van der Waals surface area contributed by atoms with Crippen LogP contribution in [0.15, 0.2) is 24.5 Å². The third-order valence-corrected chi connectivity index (χ3v) is 3.90. The maximum Gasteiger partial charge on any atom is 0.132 e. The standard InChI is InChI=1S/C14H20N4/c1-11-9-15-6-7-18(11)14-8-13(16-10-17-14)12-4-2-3-5-12/h2-3,8,10-12,15H,4-7,9H2,1H3/t11-/m1/s1. The summed E-state index contributed by atoms with van der Waals surface area (Å²) in [5.74, 6) is 1.64. The monoisotopic (exact) mass is 244 g/mol. The molecule has 1 N–H and O–H groups in total. The molecule has 0 unspecified atom stereocenters. The second kappa shape index (κ2) is 5.06. The maximum atomic E-state index is 4.45. The molecule has 0 aromatic carbocycles. The van der Waals surface area contributed by atoms with Crippen molar-refractivity contribution in [1.29, 1.82) is 0 Å². The van der Waals surface area contributed by atoms with E-state index in [1.807, 2.05) is 0 Å². The molecule has 1 aliphatic heterocycles. The van der Waals surface area contributed by atoms with Gasteiger partial charge in [0.2, 0.25) is 0 Å². The zero-order chi connectivity index (χ0) is 12.4. The molecule has 1 aliphatic carbocycles. The molecular weight excluding hydrogens is 224 g/mol. The number of aromatic nitrogens is 2. The quantitative estimate of drug-likeness (QED) is 0.804. The van der Waals surface area contributed by atoms with Crippen LogP contribution in [0.2, 0.25) is 0 Å². The van der Waals surface area contributed by atoms with Gasteiger partial charge in [0.1, 0.15) is 12.1 Å². The Morgan fingerprint density at radius 2 is 2.11 bits per heavy atom. The van der Waals surface area contributed by atoms with E-state index >= 15 is 0 Å². The summed E-state index contributed by atoms with van der Waals surface area (Å²) in [6.07, 6.45) is 8.46. The second-order valence-corrected chi connectivity index (χ2v) is 5.19. The first-order chi connectivity index (χ1) is 8.84. The maximum absolute atomic E-state index is 4.45. The molecule has 0 saturated carbocycles. The van der Waals surface area contributed by atoms with Crippen LogP contribution in [0.4, 0.5) is 5.82 Å². The highest BCUT2D eigenvalue weighted by Crippen LogP contribution is 2.29. The van der Waals surface area contributed by atoms with Gasteiger partial charge in [0, 0.05) is 43.4 Å². The molecular formula is C14H20N4. The summed E-state index contributed by atoms with van der Waals surface area (Å²) in [5, 5.41) is 3.41. The normalized spacial score (nSPS) is 24.7. The van der Waals surface area contributed by atoms with Crippen LogP contribution in [0.25, 0.3) is 0 Å². The highest BCUT2D eigenvalue weighted by molar-refractivity contribution is 5.42. The predicted octanol–water partition coefficient (Wildman–Crippen LogP) is 1.71. The molecule has 96 valence electrons. The average Bonchev–Trinajstić information content (AvgIpc) is 2.93. The molecule has 1 aromatic rings. The minimum Gasteiger partial charge on any atom is -0.351 e. The number of allylic oxidation sites excluding steroid dienone is 2. The van der Waals surface area contributed by atoms with E-state index in [2.05, 4.69) is 45.3 Å². The third kappa shape index (κ3) is 2.25. The van der Waals surface area contributed by atoms with Crippen LogP contribution in [-0.4, -0.2) is 35.6 Å². The fraction of sp³-hybridized carbons (Fsp3) is 0.571. The number of hydrogen-bond acceptors (Lipinski definition) is 4.